The third-order valence-electron chi connectivity index (χ3n) is 4.87. The van der Waals surface area contributed by atoms with Gasteiger partial charge in [0.2, 0.25) is 0 Å². The molecule has 112 valence electrons. The lowest BCUT2D eigenvalue weighted by atomic mass is 9.67. The van der Waals surface area contributed by atoms with Crippen LogP contribution in [0.15, 0.2) is 18.2 Å². The molecule has 1 fully saturated rings. The van der Waals surface area contributed by atoms with E-state index in [0.717, 1.165) is 34.5 Å². The fourth-order valence-electron chi connectivity index (χ4n) is 3.52. The quantitative estimate of drug-likeness (QED) is 0.766. The summed E-state index contributed by atoms with van der Waals surface area (Å²) in [5.74, 6) is 0.898. The van der Waals surface area contributed by atoms with Crippen molar-refractivity contribution >= 4 is 23.2 Å². The molecule has 0 saturated heterocycles. The van der Waals surface area contributed by atoms with E-state index in [9.17, 15) is 0 Å². The number of hydrogen-bond donors (Lipinski definition) is 1. The molecule has 1 aromatic rings. The minimum atomic E-state index is 0.221. The highest BCUT2D eigenvalue weighted by Crippen LogP contribution is 2.43. The average molecular weight is 314 g/mol. The van der Waals surface area contributed by atoms with Crippen molar-refractivity contribution in [3.63, 3.8) is 0 Å². The zero-order valence-corrected chi connectivity index (χ0v) is 13.8. The van der Waals surface area contributed by atoms with Crippen LogP contribution in [-0.4, -0.2) is 6.54 Å². The van der Waals surface area contributed by atoms with E-state index in [0.29, 0.717) is 0 Å². The Kier molecular flexibility index (Phi) is 5.77. The molecule has 1 saturated carbocycles. The topological polar surface area (TPSA) is 26.0 Å². The van der Waals surface area contributed by atoms with Crippen molar-refractivity contribution < 1.29 is 0 Å². The van der Waals surface area contributed by atoms with E-state index in [-0.39, 0.29) is 5.41 Å². The molecule has 0 bridgehead atoms. The van der Waals surface area contributed by atoms with Crippen LogP contribution in [0.25, 0.3) is 0 Å². The summed E-state index contributed by atoms with van der Waals surface area (Å²) in [6.07, 6.45) is 8.67. The van der Waals surface area contributed by atoms with Crippen LogP contribution in [0, 0.1) is 11.3 Å². The van der Waals surface area contributed by atoms with Crippen molar-refractivity contribution in [2.45, 2.75) is 51.9 Å². The van der Waals surface area contributed by atoms with Gasteiger partial charge in [-0.25, -0.2) is 0 Å². The first-order valence-electron chi connectivity index (χ1n) is 7.72. The van der Waals surface area contributed by atoms with Gasteiger partial charge in [0, 0.05) is 10.0 Å². The Morgan fingerprint density at radius 1 is 1.25 bits per heavy atom. The first kappa shape index (κ1) is 16.1. The van der Waals surface area contributed by atoms with Crippen molar-refractivity contribution in [2.24, 2.45) is 17.1 Å². The minimum Gasteiger partial charge on any atom is -0.330 e. The second kappa shape index (κ2) is 7.15. The Morgan fingerprint density at radius 3 is 2.55 bits per heavy atom. The standard InChI is InChI=1S/C17H25Cl2N/c1-2-3-13-6-8-17(12-20,9-7-13)11-14-10-15(18)4-5-16(14)19/h4-5,10,13H,2-3,6-9,11-12,20H2,1H3. The molecule has 0 unspecified atom stereocenters. The van der Waals surface area contributed by atoms with E-state index in [1.165, 1.54) is 38.5 Å². The van der Waals surface area contributed by atoms with Gasteiger partial charge in [-0.3, -0.25) is 0 Å². The van der Waals surface area contributed by atoms with Gasteiger partial charge in [-0.05, 0) is 73.7 Å². The fourth-order valence-corrected chi connectivity index (χ4v) is 3.90. The molecule has 20 heavy (non-hydrogen) atoms. The fraction of sp³-hybridized carbons (Fsp3) is 0.647. The van der Waals surface area contributed by atoms with E-state index < -0.39 is 0 Å². The highest BCUT2D eigenvalue weighted by Gasteiger charge is 2.34. The minimum absolute atomic E-state index is 0.221. The monoisotopic (exact) mass is 313 g/mol. The highest BCUT2D eigenvalue weighted by atomic mass is 35.5. The molecule has 1 nitrogen and oxygen atoms in total. The molecular weight excluding hydrogens is 289 g/mol. The molecule has 0 aromatic heterocycles. The maximum Gasteiger partial charge on any atom is 0.0439 e. The molecule has 1 aliphatic rings. The molecule has 0 amide bonds. The van der Waals surface area contributed by atoms with Crippen molar-refractivity contribution in [3.8, 4) is 0 Å². The third-order valence-corrected chi connectivity index (χ3v) is 5.47. The molecule has 3 heteroatoms. The first-order chi connectivity index (χ1) is 9.58. The summed E-state index contributed by atoms with van der Waals surface area (Å²) >= 11 is 12.4. The molecule has 1 aliphatic carbocycles. The maximum atomic E-state index is 6.31. The van der Waals surface area contributed by atoms with Gasteiger partial charge in [0.05, 0.1) is 0 Å². The number of hydrogen-bond acceptors (Lipinski definition) is 1. The summed E-state index contributed by atoms with van der Waals surface area (Å²) in [5, 5.41) is 1.58. The SMILES string of the molecule is CCCC1CCC(CN)(Cc2cc(Cl)ccc2Cl)CC1. The number of nitrogens with two attached hydrogens (primary N) is 1. The molecule has 1 aromatic carbocycles. The van der Waals surface area contributed by atoms with Crippen LogP contribution < -0.4 is 5.73 Å². The van der Waals surface area contributed by atoms with Crippen LogP contribution in [0.2, 0.25) is 10.0 Å². The van der Waals surface area contributed by atoms with Crippen LogP contribution in [0.5, 0.6) is 0 Å². The van der Waals surface area contributed by atoms with Crippen molar-refractivity contribution in [1.29, 1.82) is 0 Å². The van der Waals surface area contributed by atoms with Gasteiger partial charge in [0.1, 0.15) is 0 Å². The Balaban J connectivity index is 2.07. The summed E-state index contributed by atoms with van der Waals surface area (Å²) in [4.78, 5) is 0. The van der Waals surface area contributed by atoms with Gasteiger partial charge in [-0.15, -0.1) is 0 Å². The van der Waals surface area contributed by atoms with Crippen LogP contribution in [0.1, 0.15) is 51.0 Å². The molecule has 0 heterocycles. The van der Waals surface area contributed by atoms with Crippen molar-refractivity contribution in [1.82, 2.24) is 0 Å². The van der Waals surface area contributed by atoms with Crippen molar-refractivity contribution in [2.75, 3.05) is 6.54 Å². The van der Waals surface area contributed by atoms with Crippen LogP contribution in [-0.2, 0) is 6.42 Å². The van der Waals surface area contributed by atoms with E-state index in [1.807, 2.05) is 18.2 Å². The molecule has 0 atom stereocenters. The predicted octanol–water partition coefficient (Wildman–Crippen LogP) is 5.47. The summed E-state index contributed by atoms with van der Waals surface area (Å²) in [5.41, 5.74) is 7.49. The molecule has 0 radical (unpaired) electrons. The van der Waals surface area contributed by atoms with Gasteiger partial charge in [0.15, 0.2) is 0 Å². The molecule has 2 rings (SSSR count). The summed E-state index contributed by atoms with van der Waals surface area (Å²) in [6, 6.07) is 5.74. The van der Waals surface area contributed by atoms with E-state index in [2.05, 4.69) is 6.92 Å². The van der Waals surface area contributed by atoms with E-state index in [4.69, 9.17) is 28.9 Å². The number of rotatable bonds is 5. The summed E-state index contributed by atoms with van der Waals surface area (Å²) in [7, 11) is 0. The lowest BCUT2D eigenvalue weighted by Gasteiger charge is -2.40. The first-order valence-corrected chi connectivity index (χ1v) is 8.48. The van der Waals surface area contributed by atoms with Gasteiger partial charge in [-0.2, -0.15) is 0 Å². The molecule has 0 aliphatic heterocycles. The third kappa shape index (κ3) is 3.90. The summed E-state index contributed by atoms with van der Waals surface area (Å²) in [6.45, 7) is 3.02. The predicted molar refractivity (Wildman–Crippen MR) is 88.5 cm³/mol. The van der Waals surface area contributed by atoms with Gasteiger partial charge < -0.3 is 5.73 Å². The molecule has 0 spiro atoms. The largest absolute Gasteiger partial charge is 0.330 e. The highest BCUT2D eigenvalue weighted by molar-refractivity contribution is 6.33. The number of halogens is 2. The van der Waals surface area contributed by atoms with Crippen LogP contribution in [0.3, 0.4) is 0 Å². The Labute approximate surface area is 132 Å². The lowest BCUT2D eigenvalue weighted by Crippen LogP contribution is -2.37. The normalized spacial score (nSPS) is 26.7. The lowest BCUT2D eigenvalue weighted by molar-refractivity contribution is 0.151. The molecular formula is C17H25Cl2N. The van der Waals surface area contributed by atoms with E-state index >= 15 is 0 Å². The Bertz CT molecular complexity index is 437. The second-order valence-electron chi connectivity index (χ2n) is 6.35. The molecule has 2 N–H and O–H groups in total. The van der Waals surface area contributed by atoms with Crippen molar-refractivity contribution in [3.05, 3.63) is 33.8 Å². The van der Waals surface area contributed by atoms with Gasteiger partial charge in [-0.1, -0.05) is 43.0 Å². The Morgan fingerprint density at radius 2 is 1.95 bits per heavy atom. The average Bonchev–Trinajstić information content (AvgIpc) is 2.45. The van der Waals surface area contributed by atoms with Gasteiger partial charge >= 0.3 is 0 Å². The van der Waals surface area contributed by atoms with Gasteiger partial charge in [0.25, 0.3) is 0 Å². The zero-order valence-electron chi connectivity index (χ0n) is 12.3. The Hall–Kier alpha value is -0.240. The smallest absolute Gasteiger partial charge is 0.0439 e. The van der Waals surface area contributed by atoms with E-state index in [1.54, 1.807) is 0 Å². The maximum absolute atomic E-state index is 6.31. The summed E-state index contributed by atoms with van der Waals surface area (Å²) < 4.78 is 0. The van der Waals surface area contributed by atoms with Crippen LogP contribution >= 0.6 is 23.2 Å². The zero-order chi connectivity index (χ0) is 14.6. The second-order valence-corrected chi connectivity index (χ2v) is 7.19. The number of benzene rings is 1. The van der Waals surface area contributed by atoms with Crippen LogP contribution in [0.4, 0.5) is 0 Å².